The number of ether oxygens (including phenoxy) is 2. The first-order chi connectivity index (χ1) is 7.93. The van der Waals surface area contributed by atoms with Crippen LogP contribution in [0.25, 0.3) is 0 Å². The molecule has 1 aromatic rings. The zero-order valence-electron chi connectivity index (χ0n) is 9.16. The Hall–Kier alpha value is -1.53. The highest BCUT2D eigenvalue weighted by molar-refractivity contribution is 6.31. The van der Waals surface area contributed by atoms with E-state index < -0.39 is 17.8 Å². The highest BCUT2D eigenvalue weighted by Gasteiger charge is 2.26. The lowest BCUT2D eigenvalue weighted by molar-refractivity contribution is -0.138. The summed E-state index contributed by atoms with van der Waals surface area (Å²) in [6, 6.07) is -0.270. The van der Waals surface area contributed by atoms with Gasteiger partial charge in [-0.05, 0) is 6.07 Å². The summed E-state index contributed by atoms with van der Waals surface area (Å²) >= 11 is 5.62. The van der Waals surface area contributed by atoms with Gasteiger partial charge < -0.3 is 20.3 Å². The summed E-state index contributed by atoms with van der Waals surface area (Å²) in [7, 11) is 2.47. The van der Waals surface area contributed by atoms with E-state index in [0.717, 1.165) is 6.07 Å². The van der Waals surface area contributed by atoms with Gasteiger partial charge in [0, 0.05) is 5.56 Å². The summed E-state index contributed by atoms with van der Waals surface area (Å²) in [6.45, 7) is 0. The fourth-order valence-corrected chi connectivity index (χ4v) is 1.56. The van der Waals surface area contributed by atoms with Crippen LogP contribution in [0.1, 0.15) is 11.6 Å². The van der Waals surface area contributed by atoms with Gasteiger partial charge in [-0.15, -0.1) is 0 Å². The second-order valence-electron chi connectivity index (χ2n) is 3.14. The molecule has 0 saturated carbocycles. The number of carboxylic acids is 1. The molecule has 0 bridgehead atoms. The third-order valence-electron chi connectivity index (χ3n) is 2.17. The Morgan fingerprint density at radius 2 is 2.00 bits per heavy atom. The molecule has 0 aliphatic carbocycles. The van der Waals surface area contributed by atoms with Gasteiger partial charge in [-0.2, -0.15) is 0 Å². The summed E-state index contributed by atoms with van der Waals surface area (Å²) in [5.74, 6) is -2.46. The third kappa shape index (κ3) is 2.42. The number of halogens is 2. The van der Waals surface area contributed by atoms with Crippen molar-refractivity contribution in [3.05, 3.63) is 22.5 Å². The van der Waals surface area contributed by atoms with Crippen LogP contribution in [0.4, 0.5) is 4.39 Å². The maximum Gasteiger partial charge on any atom is 0.325 e. The quantitative estimate of drug-likeness (QED) is 0.862. The molecule has 0 heterocycles. The number of carbonyl (C=O) groups is 1. The maximum atomic E-state index is 13.6. The van der Waals surface area contributed by atoms with Crippen molar-refractivity contribution in [2.75, 3.05) is 14.2 Å². The molecule has 0 saturated heterocycles. The normalized spacial score (nSPS) is 12.1. The zero-order chi connectivity index (χ0) is 13.2. The molecule has 1 atom stereocenters. The van der Waals surface area contributed by atoms with Crippen LogP contribution in [0.3, 0.4) is 0 Å². The first kappa shape index (κ1) is 13.5. The Balaban J connectivity index is 3.49. The maximum absolute atomic E-state index is 13.6. The Morgan fingerprint density at radius 1 is 1.47 bits per heavy atom. The van der Waals surface area contributed by atoms with Crippen molar-refractivity contribution < 1.29 is 23.8 Å². The molecular formula is C10H11ClFNO4. The first-order valence-electron chi connectivity index (χ1n) is 4.52. The van der Waals surface area contributed by atoms with Crippen LogP contribution in [-0.2, 0) is 4.79 Å². The van der Waals surface area contributed by atoms with Gasteiger partial charge in [0.1, 0.15) is 6.04 Å². The van der Waals surface area contributed by atoms with Crippen molar-refractivity contribution in [3.8, 4) is 11.5 Å². The molecule has 7 heteroatoms. The minimum absolute atomic E-state index is 0.0447. The van der Waals surface area contributed by atoms with E-state index in [1.807, 2.05) is 0 Å². The average Bonchev–Trinajstić information content (AvgIpc) is 2.30. The third-order valence-corrected chi connectivity index (χ3v) is 2.44. The lowest BCUT2D eigenvalue weighted by Gasteiger charge is -2.16. The topological polar surface area (TPSA) is 81.8 Å². The van der Waals surface area contributed by atoms with Gasteiger partial charge in [-0.3, -0.25) is 4.79 Å². The van der Waals surface area contributed by atoms with E-state index in [0.29, 0.717) is 0 Å². The number of hydrogen-bond acceptors (Lipinski definition) is 4. The van der Waals surface area contributed by atoms with Crippen LogP contribution in [0, 0.1) is 5.82 Å². The monoisotopic (exact) mass is 263 g/mol. The second kappa shape index (κ2) is 5.20. The summed E-state index contributed by atoms with van der Waals surface area (Å²) < 4.78 is 23.3. The van der Waals surface area contributed by atoms with E-state index >= 15 is 0 Å². The molecule has 0 fully saturated rings. The second-order valence-corrected chi connectivity index (χ2v) is 3.55. The fraction of sp³-hybridized carbons (Fsp3) is 0.300. The van der Waals surface area contributed by atoms with E-state index in [4.69, 9.17) is 31.9 Å². The van der Waals surface area contributed by atoms with Gasteiger partial charge in [0.05, 0.1) is 19.2 Å². The van der Waals surface area contributed by atoms with Gasteiger partial charge in [-0.1, -0.05) is 11.6 Å². The SMILES string of the molecule is COc1c(C(N)C(=O)O)cc(Cl)c(F)c1OC. The first-order valence-corrected chi connectivity index (χ1v) is 4.90. The molecule has 0 aliphatic heterocycles. The van der Waals surface area contributed by atoms with Gasteiger partial charge >= 0.3 is 5.97 Å². The molecule has 1 rings (SSSR count). The van der Waals surface area contributed by atoms with Crippen LogP contribution < -0.4 is 15.2 Å². The van der Waals surface area contributed by atoms with Crippen molar-refractivity contribution in [3.63, 3.8) is 0 Å². The van der Waals surface area contributed by atoms with Crippen LogP contribution in [0.15, 0.2) is 6.07 Å². The van der Waals surface area contributed by atoms with Crippen molar-refractivity contribution in [1.82, 2.24) is 0 Å². The van der Waals surface area contributed by atoms with E-state index in [1.165, 1.54) is 14.2 Å². The Kier molecular flexibility index (Phi) is 4.14. The van der Waals surface area contributed by atoms with Gasteiger partial charge in [-0.25, -0.2) is 4.39 Å². The van der Waals surface area contributed by atoms with E-state index in [9.17, 15) is 9.18 Å². The van der Waals surface area contributed by atoms with Crippen LogP contribution in [0.2, 0.25) is 5.02 Å². The molecular weight excluding hydrogens is 253 g/mol. The van der Waals surface area contributed by atoms with Gasteiger partial charge in [0.2, 0.25) is 0 Å². The summed E-state index contributed by atoms with van der Waals surface area (Å²) in [4.78, 5) is 10.8. The van der Waals surface area contributed by atoms with Gasteiger partial charge in [0.15, 0.2) is 17.3 Å². The van der Waals surface area contributed by atoms with Crippen LogP contribution in [-0.4, -0.2) is 25.3 Å². The molecule has 3 N–H and O–H groups in total. The molecule has 0 radical (unpaired) electrons. The van der Waals surface area contributed by atoms with E-state index in [1.54, 1.807) is 0 Å². The molecule has 94 valence electrons. The average molecular weight is 264 g/mol. The van der Waals surface area contributed by atoms with Gasteiger partial charge in [0.25, 0.3) is 0 Å². The molecule has 1 unspecified atom stereocenters. The number of carboxylic acid groups (broad SMARTS) is 1. The standard InChI is InChI=1S/C10H11ClFNO4/c1-16-8-4(7(13)10(14)15)3-5(11)6(12)9(8)17-2/h3,7H,13H2,1-2H3,(H,14,15). The minimum Gasteiger partial charge on any atom is -0.492 e. The van der Waals surface area contributed by atoms with E-state index in [2.05, 4.69) is 0 Å². The minimum atomic E-state index is -1.38. The molecule has 1 aromatic carbocycles. The number of rotatable bonds is 4. The van der Waals surface area contributed by atoms with Crippen molar-refractivity contribution in [2.24, 2.45) is 5.73 Å². The Morgan fingerprint density at radius 3 is 2.41 bits per heavy atom. The molecule has 5 nitrogen and oxygen atoms in total. The molecule has 0 amide bonds. The lowest BCUT2D eigenvalue weighted by Crippen LogP contribution is -2.21. The molecule has 0 aliphatic rings. The fourth-order valence-electron chi connectivity index (χ4n) is 1.36. The van der Waals surface area contributed by atoms with Crippen molar-refractivity contribution in [1.29, 1.82) is 0 Å². The predicted molar refractivity (Wildman–Crippen MR) is 59.1 cm³/mol. The lowest BCUT2D eigenvalue weighted by atomic mass is 10.1. The Bertz CT molecular complexity index is 452. The Labute approximate surface area is 102 Å². The van der Waals surface area contributed by atoms with Crippen molar-refractivity contribution in [2.45, 2.75) is 6.04 Å². The largest absolute Gasteiger partial charge is 0.492 e. The number of benzene rings is 1. The molecule has 17 heavy (non-hydrogen) atoms. The highest BCUT2D eigenvalue weighted by atomic mass is 35.5. The zero-order valence-corrected chi connectivity index (χ0v) is 9.92. The molecule has 0 aromatic heterocycles. The van der Waals surface area contributed by atoms with Crippen molar-refractivity contribution >= 4 is 17.6 Å². The summed E-state index contributed by atoms with van der Waals surface area (Å²) in [5.41, 5.74) is 5.49. The summed E-state index contributed by atoms with van der Waals surface area (Å²) in [5, 5.41) is 8.54. The van der Waals surface area contributed by atoms with Crippen LogP contribution in [0.5, 0.6) is 11.5 Å². The number of aliphatic carboxylic acids is 1. The van der Waals surface area contributed by atoms with E-state index in [-0.39, 0.29) is 22.1 Å². The number of nitrogens with two attached hydrogens (primary N) is 1. The summed E-state index contributed by atoms with van der Waals surface area (Å²) in [6.07, 6.45) is 0. The smallest absolute Gasteiger partial charge is 0.325 e. The highest BCUT2D eigenvalue weighted by Crippen LogP contribution is 2.40. The molecule has 0 spiro atoms. The number of methoxy groups -OCH3 is 2. The predicted octanol–water partition coefficient (Wildman–Crippen LogP) is 1.58. The van der Waals surface area contributed by atoms with Crippen LogP contribution >= 0.6 is 11.6 Å². The number of hydrogen-bond donors (Lipinski definition) is 2.